The minimum Gasteiger partial charge on any atom is -0.487 e. The van der Waals surface area contributed by atoms with Crippen LogP contribution in [-0.4, -0.2) is 11.5 Å². The Morgan fingerprint density at radius 3 is 2.84 bits per heavy atom. The van der Waals surface area contributed by atoms with Crippen molar-refractivity contribution in [1.82, 2.24) is 4.98 Å². The van der Waals surface area contributed by atoms with Gasteiger partial charge in [0.1, 0.15) is 18.2 Å². The summed E-state index contributed by atoms with van der Waals surface area (Å²) in [6.07, 6.45) is 1.73. The van der Waals surface area contributed by atoms with Gasteiger partial charge in [0.15, 0.2) is 0 Å². The second-order valence-electron chi connectivity index (χ2n) is 4.27. The number of aryl methyl sites for hydroxylation is 1. The number of anilines is 1. The Hall–Kier alpha value is -2.10. The normalized spacial score (nSPS) is 10.3. The number of hydrogen-bond acceptors (Lipinski definition) is 3. The van der Waals surface area contributed by atoms with Gasteiger partial charge in [0.2, 0.25) is 0 Å². The number of nitrogens with zero attached hydrogens (tertiary/aromatic N) is 1. The molecule has 1 aromatic heterocycles. The lowest BCUT2D eigenvalue weighted by Crippen LogP contribution is -2.01. The van der Waals surface area contributed by atoms with Crippen LogP contribution in [0.25, 0.3) is 0 Å². The topological polar surface area (TPSA) is 34.2 Å². The van der Waals surface area contributed by atoms with Crippen molar-refractivity contribution in [3.8, 4) is 5.75 Å². The fraction of sp³-hybridized carbons (Fsp3) is 0.267. The Morgan fingerprint density at radius 2 is 2.11 bits per heavy atom. The lowest BCUT2D eigenvalue weighted by molar-refractivity contribution is 0.299. The van der Waals surface area contributed by atoms with Crippen LogP contribution in [0.5, 0.6) is 5.75 Å². The number of aromatic nitrogens is 1. The number of ether oxygens (including phenoxy) is 1. The highest BCUT2D eigenvalue weighted by molar-refractivity contribution is 5.43. The number of hydrogen-bond donors (Lipinski definition) is 1. The molecule has 0 fully saturated rings. The van der Waals surface area contributed by atoms with E-state index in [0.717, 1.165) is 17.9 Å². The van der Waals surface area contributed by atoms with Crippen LogP contribution in [0, 0.1) is 12.7 Å². The Kier molecular flexibility index (Phi) is 4.34. The van der Waals surface area contributed by atoms with E-state index in [4.69, 9.17) is 4.74 Å². The maximum atomic E-state index is 13.4. The average molecular weight is 260 g/mol. The highest BCUT2D eigenvalue weighted by atomic mass is 19.1. The third-order valence-corrected chi connectivity index (χ3v) is 2.73. The van der Waals surface area contributed by atoms with Gasteiger partial charge >= 0.3 is 0 Å². The lowest BCUT2D eigenvalue weighted by atomic mass is 10.2. The zero-order valence-corrected chi connectivity index (χ0v) is 11.1. The average Bonchev–Trinajstić information content (AvgIpc) is 2.41. The number of benzene rings is 1. The number of nitrogens with one attached hydrogen (secondary N) is 1. The molecular weight excluding hydrogens is 243 g/mol. The van der Waals surface area contributed by atoms with Gasteiger partial charge in [-0.15, -0.1) is 0 Å². The summed E-state index contributed by atoms with van der Waals surface area (Å²) in [4.78, 5) is 4.22. The Morgan fingerprint density at radius 1 is 1.26 bits per heavy atom. The van der Waals surface area contributed by atoms with Crippen LogP contribution in [0.3, 0.4) is 0 Å². The van der Waals surface area contributed by atoms with Gasteiger partial charge < -0.3 is 10.1 Å². The van der Waals surface area contributed by atoms with Gasteiger partial charge in [0, 0.05) is 24.5 Å². The molecule has 1 N–H and O–H groups in total. The fourth-order valence-corrected chi connectivity index (χ4v) is 1.69. The highest BCUT2D eigenvalue weighted by Crippen LogP contribution is 2.17. The SMILES string of the molecule is CCNc1ccnc(COc2ccc(C)c(F)c2)c1. The standard InChI is InChI=1S/C15H17FN2O/c1-3-17-12-6-7-18-13(8-12)10-19-14-5-4-11(2)15(16)9-14/h4-9H,3,10H2,1-2H3,(H,17,18). The zero-order valence-electron chi connectivity index (χ0n) is 11.1. The molecule has 1 heterocycles. The summed E-state index contributed by atoms with van der Waals surface area (Å²) >= 11 is 0. The highest BCUT2D eigenvalue weighted by Gasteiger charge is 2.02. The first kappa shape index (κ1) is 13.3. The molecule has 0 bridgehead atoms. The largest absolute Gasteiger partial charge is 0.487 e. The summed E-state index contributed by atoms with van der Waals surface area (Å²) in [6.45, 7) is 4.93. The summed E-state index contributed by atoms with van der Waals surface area (Å²) in [5, 5.41) is 3.21. The van der Waals surface area contributed by atoms with Crippen LogP contribution in [0.4, 0.5) is 10.1 Å². The van der Waals surface area contributed by atoms with Crippen molar-refractivity contribution >= 4 is 5.69 Å². The molecule has 2 rings (SSSR count). The molecule has 0 aliphatic heterocycles. The van der Waals surface area contributed by atoms with Crippen molar-refractivity contribution in [3.05, 3.63) is 53.6 Å². The molecule has 0 saturated carbocycles. The summed E-state index contributed by atoms with van der Waals surface area (Å²) in [7, 11) is 0. The van der Waals surface area contributed by atoms with Crippen LogP contribution in [0.2, 0.25) is 0 Å². The van der Waals surface area contributed by atoms with Crippen LogP contribution >= 0.6 is 0 Å². The van der Waals surface area contributed by atoms with E-state index in [1.807, 2.05) is 19.1 Å². The van der Waals surface area contributed by atoms with E-state index in [1.165, 1.54) is 6.07 Å². The van der Waals surface area contributed by atoms with Crippen molar-refractivity contribution in [2.24, 2.45) is 0 Å². The van der Waals surface area contributed by atoms with Gasteiger partial charge in [-0.05, 0) is 37.6 Å². The molecule has 0 aliphatic carbocycles. The molecule has 0 saturated heterocycles. The number of rotatable bonds is 5. The molecule has 3 nitrogen and oxygen atoms in total. The first-order chi connectivity index (χ1) is 9.19. The maximum absolute atomic E-state index is 13.4. The molecule has 0 amide bonds. The van der Waals surface area contributed by atoms with Gasteiger partial charge in [0.25, 0.3) is 0 Å². The molecule has 19 heavy (non-hydrogen) atoms. The Balaban J connectivity index is 2.01. The summed E-state index contributed by atoms with van der Waals surface area (Å²) < 4.78 is 18.9. The molecule has 0 radical (unpaired) electrons. The van der Waals surface area contributed by atoms with Crippen LogP contribution in [-0.2, 0) is 6.61 Å². The monoisotopic (exact) mass is 260 g/mol. The molecule has 0 spiro atoms. The smallest absolute Gasteiger partial charge is 0.130 e. The predicted octanol–water partition coefficient (Wildman–Crippen LogP) is 3.54. The third kappa shape index (κ3) is 3.68. The number of pyridine rings is 1. The zero-order chi connectivity index (χ0) is 13.7. The van der Waals surface area contributed by atoms with Crippen LogP contribution < -0.4 is 10.1 Å². The van der Waals surface area contributed by atoms with Crippen LogP contribution in [0.1, 0.15) is 18.2 Å². The van der Waals surface area contributed by atoms with E-state index < -0.39 is 0 Å². The van der Waals surface area contributed by atoms with E-state index in [9.17, 15) is 4.39 Å². The van der Waals surface area contributed by atoms with Crippen LogP contribution in [0.15, 0.2) is 36.5 Å². The number of halogens is 1. The fourth-order valence-electron chi connectivity index (χ4n) is 1.69. The molecule has 2 aromatic rings. The Labute approximate surface area is 112 Å². The molecule has 0 atom stereocenters. The molecule has 0 unspecified atom stereocenters. The summed E-state index contributed by atoms with van der Waals surface area (Å²) in [5.41, 5.74) is 2.42. The van der Waals surface area contributed by atoms with Crippen molar-refractivity contribution in [1.29, 1.82) is 0 Å². The van der Waals surface area contributed by atoms with E-state index in [-0.39, 0.29) is 5.82 Å². The summed E-state index contributed by atoms with van der Waals surface area (Å²) in [6, 6.07) is 8.68. The first-order valence-electron chi connectivity index (χ1n) is 6.27. The van der Waals surface area contributed by atoms with Gasteiger partial charge in [-0.1, -0.05) is 6.07 Å². The van der Waals surface area contributed by atoms with Gasteiger partial charge in [0.05, 0.1) is 5.69 Å². The van der Waals surface area contributed by atoms with Crippen molar-refractivity contribution in [3.63, 3.8) is 0 Å². The second-order valence-corrected chi connectivity index (χ2v) is 4.27. The van der Waals surface area contributed by atoms with E-state index >= 15 is 0 Å². The molecule has 100 valence electrons. The second kappa shape index (κ2) is 6.18. The van der Waals surface area contributed by atoms with Gasteiger partial charge in [-0.2, -0.15) is 0 Å². The first-order valence-corrected chi connectivity index (χ1v) is 6.27. The third-order valence-electron chi connectivity index (χ3n) is 2.73. The van der Waals surface area contributed by atoms with E-state index in [2.05, 4.69) is 10.3 Å². The van der Waals surface area contributed by atoms with Gasteiger partial charge in [-0.25, -0.2) is 4.39 Å². The van der Waals surface area contributed by atoms with Crippen molar-refractivity contribution in [2.45, 2.75) is 20.5 Å². The quantitative estimate of drug-likeness (QED) is 0.892. The molecule has 0 aliphatic rings. The molecule has 1 aromatic carbocycles. The molecular formula is C15H17FN2O. The van der Waals surface area contributed by atoms with Gasteiger partial charge in [-0.3, -0.25) is 4.98 Å². The lowest BCUT2D eigenvalue weighted by Gasteiger charge is -2.08. The summed E-state index contributed by atoms with van der Waals surface area (Å²) in [5.74, 6) is 0.255. The predicted molar refractivity (Wildman–Crippen MR) is 73.9 cm³/mol. The van der Waals surface area contributed by atoms with Crippen molar-refractivity contribution in [2.75, 3.05) is 11.9 Å². The van der Waals surface area contributed by atoms with Crippen molar-refractivity contribution < 1.29 is 9.13 Å². The Bertz CT molecular complexity index is 558. The minimum absolute atomic E-state index is 0.258. The minimum atomic E-state index is -0.258. The maximum Gasteiger partial charge on any atom is 0.130 e. The van der Waals surface area contributed by atoms with E-state index in [1.54, 1.807) is 25.3 Å². The molecule has 4 heteroatoms. The van der Waals surface area contributed by atoms with E-state index in [0.29, 0.717) is 17.9 Å².